The number of anilines is 1. The van der Waals surface area contributed by atoms with E-state index in [1.165, 1.54) is 23.9 Å². The average Bonchev–Trinajstić information content (AvgIpc) is 2.71. The summed E-state index contributed by atoms with van der Waals surface area (Å²) in [6.45, 7) is 2.54. The van der Waals surface area contributed by atoms with Crippen LogP contribution in [0.4, 0.5) is 5.69 Å². The van der Waals surface area contributed by atoms with Gasteiger partial charge in [-0.2, -0.15) is 0 Å². The monoisotopic (exact) mass is 488 g/mol. The highest BCUT2D eigenvalue weighted by atomic mass is 35.5. The minimum absolute atomic E-state index is 0.162. The summed E-state index contributed by atoms with van der Waals surface area (Å²) < 4.78 is 27.2. The van der Waals surface area contributed by atoms with E-state index in [-0.39, 0.29) is 16.6 Å². The van der Waals surface area contributed by atoms with Gasteiger partial charge >= 0.3 is 0 Å². The van der Waals surface area contributed by atoms with Crippen molar-refractivity contribution in [3.63, 3.8) is 0 Å². The molecule has 0 unspecified atom stereocenters. The van der Waals surface area contributed by atoms with E-state index in [1.807, 2.05) is 6.07 Å². The van der Waals surface area contributed by atoms with Crippen LogP contribution in [-0.4, -0.2) is 26.6 Å². The second kappa shape index (κ2) is 12.6. The van der Waals surface area contributed by atoms with E-state index in [1.54, 1.807) is 24.3 Å². The maximum Gasteiger partial charge on any atom is 0.240 e. The van der Waals surface area contributed by atoms with E-state index in [2.05, 4.69) is 17.0 Å². The molecule has 0 heterocycles. The van der Waals surface area contributed by atoms with Crippen LogP contribution in [-0.2, 0) is 20.6 Å². The van der Waals surface area contributed by atoms with Gasteiger partial charge < -0.3 is 5.32 Å². The number of halogens is 2. The fourth-order valence-corrected chi connectivity index (χ4v) is 4.82. The van der Waals surface area contributed by atoms with Crippen LogP contribution in [0.1, 0.15) is 38.2 Å². The van der Waals surface area contributed by atoms with Crippen molar-refractivity contribution in [3.8, 4) is 0 Å². The molecule has 0 fully saturated rings. The van der Waals surface area contributed by atoms with Crippen LogP contribution in [0, 0.1) is 0 Å². The highest BCUT2D eigenvalue weighted by Crippen LogP contribution is 2.24. The first-order chi connectivity index (χ1) is 14.3. The average molecular weight is 489 g/mol. The van der Waals surface area contributed by atoms with E-state index in [0.29, 0.717) is 28.0 Å². The number of rotatable bonds is 12. The lowest BCUT2D eigenvalue weighted by Gasteiger charge is -2.09. The molecule has 30 heavy (non-hydrogen) atoms. The molecular formula is C21H26Cl2N2O3S2. The molecule has 0 spiro atoms. The molecule has 0 saturated heterocycles. The van der Waals surface area contributed by atoms with Gasteiger partial charge in [-0.15, -0.1) is 11.8 Å². The quantitative estimate of drug-likeness (QED) is 0.374. The number of amides is 1. The molecule has 2 aromatic carbocycles. The van der Waals surface area contributed by atoms with Crippen molar-refractivity contribution in [3.05, 3.63) is 58.1 Å². The minimum atomic E-state index is -3.53. The van der Waals surface area contributed by atoms with Gasteiger partial charge in [-0.05, 0) is 48.4 Å². The fraction of sp³-hybridized carbons (Fsp3) is 0.381. The van der Waals surface area contributed by atoms with Gasteiger partial charge in [0.15, 0.2) is 0 Å². The number of sulfonamides is 1. The topological polar surface area (TPSA) is 75.3 Å². The van der Waals surface area contributed by atoms with Crippen molar-refractivity contribution in [2.24, 2.45) is 0 Å². The van der Waals surface area contributed by atoms with E-state index >= 15 is 0 Å². The molecule has 0 aliphatic heterocycles. The maximum atomic E-state index is 12.3. The van der Waals surface area contributed by atoms with Crippen LogP contribution < -0.4 is 10.0 Å². The second-order valence-electron chi connectivity index (χ2n) is 6.77. The normalized spacial score (nSPS) is 11.4. The summed E-state index contributed by atoms with van der Waals surface area (Å²) >= 11 is 13.3. The van der Waals surface area contributed by atoms with Crippen molar-refractivity contribution in [1.82, 2.24) is 4.72 Å². The summed E-state index contributed by atoms with van der Waals surface area (Å²) in [4.78, 5) is 12.3. The zero-order chi connectivity index (χ0) is 22.0. The van der Waals surface area contributed by atoms with Crippen molar-refractivity contribution in [2.75, 3.05) is 17.6 Å². The van der Waals surface area contributed by atoms with Crippen LogP contribution in [0.5, 0.6) is 0 Å². The van der Waals surface area contributed by atoms with Gasteiger partial charge in [0.1, 0.15) is 0 Å². The minimum Gasteiger partial charge on any atom is -0.325 e. The Balaban J connectivity index is 1.78. The Hall–Kier alpha value is -1.25. The first kappa shape index (κ1) is 25.0. The number of hydrogen-bond donors (Lipinski definition) is 2. The van der Waals surface area contributed by atoms with Crippen LogP contribution in [0.25, 0.3) is 0 Å². The molecular weight excluding hydrogens is 463 g/mol. The Bertz CT molecular complexity index is 936. The number of hydrogen-bond acceptors (Lipinski definition) is 4. The third-order valence-electron chi connectivity index (χ3n) is 4.26. The molecule has 2 N–H and O–H groups in total. The number of carbonyl (C=O) groups is 1. The Kier molecular flexibility index (Phi) is 10.5. The summed E-state index contributed by atoms with van der Waals surface area (Å²) in [5.41, 5.74) is 1.54. The van der Waals surface area contributed by atoms with Crippen molar-refractivity contribution in [2.45, 2.75) is 43.3 Å². The van der Waals surface area contributed by atoms with Crippen LogP contribution in [0.15, 0.2) is 47.4 Å². The van der Waals surface area contributed by atoms with E-state index in [9.17, 15) is 13.2 Å². The van der Waals surface area contributed by atoms with Crippen LogP contribution in [0.3, 0.4) is 0 Å². The summed E-state index contributed by atoms with van der Waals surface area (Å²) in [7, 11) is -3.53. The first-order valence-electron chi connectivity index (χ1n) is 9.73. The Morgan fingerprint density at radius 1 is 1.00 bits per heavy atom. The van der Waals surface area contributed by atoms with Crippen LogP contribution in [0.2, 0.25) is 10.0 Å². The summed E-state index contributed by atoms with van der Waals surface area (Å²) in [6.07, 6.45) is 4.03. The molecule has 0 bridgehead atoms. The molecule has 164 valence electrons. The van der Waals surface area contributed by atoms with Crippen LogP contribution >= 0.6 is 35.0 Å². The van der Waals surface area contributed by atoms with Gasteiger partial charge in [0, 0.05) is 18.0 Å². The molecule has 0 atom stereocenters. The van der Waals surface area contributed by atoms with E-state index in [0.717, 1.165) is 31.2 Å². The highest BCUT2D eigenvalue weighted by Gasteiger charge is 2.13. The van der Waals surface area contributed by atoms with Gasteiger partial charge in [-0.25, -0.2) is 13.1 Å². The molecule has 0 aromatic heterocycles. The molecule has 0 saturated carbocycles. The van der Waals surface area contributed by atoms with Gasteiger partial charge in [-0.3, -0.25) is 4.79 Å². The number of nitrogens with one attached hydrogen (secondary N) is 2. The predicted molar refractivity (Wildman–Crippen MR) is 127 cm³/mol. The molecule has 2 rings (SSSR count). The number of carbonyl (C=O) groups excluding carboxylic acids is 1. The lowest BCUT2D eigenvalue weighted by molar-refractivity contribution is -0.113. The zero-order valence-corrected chi connectivity index (χ0v) is 19.9. The first-order valence-corrected chi connectivity index (χ1v) is 13.1. The molecule has 0 aliphatic carbocycles. The lowest BCUT2D eigenvalue weighted by atomic mass is 10.2. The predicted octanol–water partition coefficient (Wildman–Crippen LogP) is 5.72. The Morgan fingerprint density at radius 3 is 2.40 bits per heavy atom. The van der Waals surface area contributed by atoms with Crippen molar-refractivity contribution in [1.29, 1.82) is 0 Å². The summed E-state index contributed by atoms with van der Waals surface area (Å²) in [5.74, 6) is 0.732. The maximum absolute atomic E-state index is 12.3. The molecule has 5 nitrogen and oxygen atoms in total. The molecule has 0 radical (unpaired) electrons. The van der Waals surface area contributed by atoms with Gasteiger partial charge in [0.05, 0.1) is 20.7 Å². The van der Waals surface area contributed by atoms with Crippen molar-refractivity contribution < 1.29 is 13.2 Å². The number of thioether (sulfide) groups is 1. The highest BCUT2D eigenvalue weighted by molar-refractivity contribution is 7.99. The third kappa shape index (κ3) is 8.47. The third-order valence-corrected chi connectivity index (χ3v) is 7.48. The van der Waals surface area contributed by atoms with Gasteiger partial charge in [-0.1, -0.05) is 55.5 Å². The SMILES string of the molecule is CCCCCCNS(=O)(=O)c1ccc(NC(=O)CSCc2ccc(Cl)c(Cl)c2)cc1. The molecule has 9 heteroatoms. The van der Waals surface area contributed by atoms with Crippen molar-refractivity contribution >= 4 is 56.6 Å². The molecule has 0 aliphatic rings. The molecule has 2 aromatic rings. The lowest BCUT2D eigenvalue weighted by Crippen LogP contribution is -2.24. The number of benzene rings is 2. The second-order valence-corrected chi connectivity index (χ2v) is 10.3. The summed E-state index contributed by atoms with van der Waals surface area (Å²) in [6, 6.07) is 11.6. The largest absolute Gasteiger partial charge is 0.325 e. The molecule has 1 amide bonds. The Morgan fingerprint density at radius 2 is 1.73 bits per heavy atom. The van der Waals surface area contributed by atoms with E-state index < -0.39 is 10.0 Å². The Labute approximate surface area is 193 Å². The number of unbranched alkanes of at least 4 members (excludes halogenated alkanes) is 3. The summed E-state index contributed by atoms with van der Waals surface area (Å²) in [5, 5.41) is 3.76. The van der Waals surface area contributed by atoms with E-state index in [4.69, 9.17) is 23.2 Å². The fourth-order valence-electron chi connectivity index (χ4n) is 2.65. The zero-order valence-electron chi connectivity index (χ0n) is 16.8. The van der Waals surface area contributed by atoms with Gasteiger partial charge in [0.2, 0.25) is 15.9 Å². The smallest absolute Gasteiger partial charge is 0.240 e. The standard InChI is InChI=1S/C21H26Cl2N2O3S2/c1-2-3-4-5-12-24-30(27,28)18-9-7-17(8-10-18)25-21(26)15-29-14-16-6-11-19(22)20(23)13-16/h6-11,13,24H,2-5,12,14-15H2,1H3,(H,25,26). The van der Waals surface area contributed by atoms with Gasteiger partial charge in [0.25, 0.3) is 0 Å².